The fraction of sp³-hybridized carbons (Fsp3) is 0.0625. The number of para-hydroxylation sites is 1. The summed E-state index contributed by atoms with van der Waals surface area (Å²) in [6.45, 7) is 0. The quantitative estimate of drug-likeness (QED) is 0.795. The van der Waals surface area contributed by atoms with E-state index in [9.17, 15) is 4.79 Å². The van der Waals surface area contributed by atoms with Gasteiger partial charge in [0.1, 0.15) is 5.75 Å². The predicted octanol–water partition coefficient (Wildman–Crippen LogP) is 3.51. The molecule has 0 aliphatic rings. The van der Waals surface area contributed by atoms with Crippen molar-refractivity contribution < 1.29 is 9.53 Å². The van der Waals surface area contributed by atoms with Crippen molar-refractivity contribution in [1.82, 2.24) is 15.0 Å². The van der Waals surface area contributed by atoms with E-state index >= 15 is 0 Å². The fourth-order valence-corrected chi connectivity index (χ4v) is 2.11. The number of rotatable bonds is 4. The second kappa shape index (κ2) is 6.50. The molecule has 0 saturated heterocycles. The van der Waals surface area contributed by atoms with Gasteiger partial charge in [0.05, 0.1) is 11.9 Å². The van der Waals surface area contributed by atoms with Crippen LogP contribution in [0.4, 0.5) is 5.69 Å². The normalized spacial score (nSPS) is 10.3. The third-order valence-corrected chi connectivity index (χ3v) is 3.23. The lowest BCUT2D eigenvalue weighted by Gasteiger charge is -2.12. The number of benzene rings is 2. The van der Waals surface area contributed by atoms with Gasteiger partial charge in [0.25, 0.3) is 5.91 Å². The van der Waals surface area contributed by atoms with Crippen LogP contribution in [0.1, 0.15) is 10.5 Å². The van der Waals surface area contributed by atoms with Crippen LogP contribution in [0.2, 0.25) is 5.02 Å². The maximum atomic E-state index is 12.2. The Kier molecular flexibility index (Phi) is 4.25. The lowest BCUT2D eigenvalue weighted by Crippen LogP contribution is -2.13. The van der Waals surface area contributed by atoms with Crippen LogP contribution >= 0.6 is 11.6 Å². The zero-order valence-electron chi connectivity index (χ0n) is 12.2. The summed E-state index contributed by atoms with van der Waals surface area (Å²) < 4.78 is 7.24. The number of hydrogen-bond acceptors (Lipinski definition) is 4. The SMILES string of the molecule is Cn1cc(C(=O)Nc2cc(Cl)ccc2Oc2ccccc2)nn1. The lowest BCUT2D eigenvalue weighted by atomic mass is 10.2. The first-order valence-electron chi connectivity index (χ1n) is 6.82. The van der Waals surface area contributed by atoms with Crippen molar-refractivity contribution in [3.63, 3.8) is 0 Å². The number of nitrogens with one attached hydrogen (secondary N) is 1. The van der Waals surface area contributed by atoms with Gasteiger partial charge in [0.2, 0.25) is 0 Å². The van der Waals surface area contributed by atoms with E-state index in [2.05, 4.69) is 15.6 Å². The molecule has 0 spiro atoms. The van der Waals surface area contributed by atoms with Crippen molar-refractivity contribution in [2.24, 2.45) is 7.05 Å². The average molecular weight is 329 g/mol. The zero-order chi connectivity index (χ0) is 16.2. The van der Waals surface area contributed by atoms with Crippen molar-refractivity contribution >= 4 is 23.2 Å². The summed E-state index contributed by atoms with van der Waals surface area (Å²) in [5.74, 6) is 0.751. The van der Waals surface area contributed by atoms with Gasteiger partial charge in [0.15, 0.2) is 11.4 Å². The number of anilines is 1. The van der Waals surface area contributed by atoms with Crippen LogP contribution in [-0.2, 0) is 7.05 Å². The first kappa shape index (κ1) is 15.1. The molecule has 0 unspecified atom stereocenters. The second-order valence-corrected chi connectivity index (χ2v) is 5.22. The van der Waals surface area contributed by atoms with Gasteiger partial charge in [0, 0.05) is 12.1 Å². The van der Waals surface area contributed by atoms with Crippen LogP contribution in [0.15, 0.2) is 54.7 Å². The molecule has 0 fully saturated rings. The molecular weight excluding hydrogens is 316 g/mol. The molecule has 0 aliphatic carbocycles. The van der Waals surface area contributed by atoms with E-state index in [0.29, 0.717) is 22.2 Å². The molecule has 7 heteroatoms. The summed E-state index contributed by atoms with van der Waals surface area (Å²) in [6.07, 6.45) is 1.53. The standard InChI is InChI=1S/C16H13ClN4O2/c1-21-10-14(19-20-21)16(22)18-13-9-11(17)7-8-15(13)23-12-5-3-2-4-6-12/h2-10H,1H3,(H,18,22). The van der Waals surface area contributed by atoms with Crippen LogP contribution < -0.4 is 10.1 Å². The Labute approximate surface area is 137 Å². The van der Waals surface area contributed by atoms with Gasteiger partial charge < -0.3 is 10.1 Å². The third kappa shape index (κ3) is 3.67. The number of carbonyl (C=O) groups excluding carboxylic acids is 1. The van der Waals surface area contributed by atoms with E-state index in [1.807, 2.05) is 30.3 Å². The summed E-state index contributed by atoms with van der Waals surface area (Å²) in [5.41, 5.74) is 0.662. The van der Waals surface area contributed by atoms with Gasteiger partial charge in [-0.3, -0.25) is 9.48 Å². The Morgan fingerprint density at radius 2 is 2.00 bits per heavy atom. The maximum absolute atomic E-state index is 12.2. The summed E-state index contributed by atoms with van der Waals surface area (Å²) in [4.78, 5) is 12.2. The second-order valence-electron chi connectivity index (χ2n) is 4.79. The molecule has 0 saturated carbocycles. The molecule has 23 heavy (non-hydrogen) atoms. The Hall–Kier alpha value is -2.86. The van der Waals surface area contributed by atoms with Crippen LogP contribution in [0, 0.1) is 0 Å². The van der Waals surface area contributed by atoms with E-state index in [0.717, 1.165) is 0 Å². The van der Waals surface area contributed by atoms with Crippen molar-refractivity contribution in [1.29, 1.82) is 0 Å². The van der Waals surface area contributed by atoms with Crippen molar-refractivity contribution in [2.75, 3.05) is 5.32 Å². The molecule has 2 aromatic carbocycles. The maximum Gasteiger partial charge on any atom is 0.277 e. The molecular formula is C16H13ClN4O2. The van der Waals surface area contributed by atoms with Gasteiger partial charge >= 0.3 is 0 Å². The molecule has 116 valence electrons. The largest absolute Gasteiger partial charge is 0.455 e. The number of ether oxygens (including phenoxy) is 1. The highest BCUT2D eigenvalue weighted by Crippen LogP contribution is 2.32. The molecule has 6 nitrogen and oxygen atoms in total. The number of nitrogens with zero attached hydrogens (tertiary/aromatic N) is 3. The zero-order valence-corrected chi connectivity index (χ0v) is 13.0. The molecule has 1 aromatic heterocycles. The van der Waals surface area contributed by atoms with Crippen LogP contribution in [0.5, 0.6) is 11.5 Å². The molecule has 0 aliphatic heterocycles. The van der Waals surface area contributed by atoms with Gasteiger partial charge in [-0.15, -0.1) is 5.10 Å². The smallest absolute Gasteiger partial charge is 0.277 e. The summed E-state index contributed by atoms with van der Waals surface area (Å²) in [6, 6.07) is 14.3. The first-order chi connectivity index (χ1) is 11.1. The highest BCUT2D eigenvalue weighted by molar-refractivity contribution is 6.31. The van der Waals surface area contributed by atoms with Crippen LogP contribution in [0.25, 0.3) is 0 Å². The summed E-state index contributed by atoms with van der Waals surface area (Å²) in [7, 11) is 1.69. The molecule has 0 radical (unpaired) electrons. The number of amides is 1. The van der Waals surface area contributed by atoms with Crippen molar-refractivity contribution in [3.05, 3.63) is 65.4 Å². The summed E-state index contributed by atoms with van der Waals surface area (Å²) in [5, 5.41) is 10.7. The molecule has 0 bridgehead atoms. The number of hydrogen-bond donors (Lipinski definition) is 1. The Balaban J connectivity index is 1.86. The fourth-order valence-electron chi connectivity index (χ4n) is 1.94. The monoisotopic (exact) mass is 328 g/mol. The Morgan fingerprint density at radius 1 is 1.22 bits per heavy atom. The molecule has 1 heterocycles. The van der Waals surface area contributed by atoms with Crippen molar-refractivity contribution in [2.45, 2.75) is 0 Å². The molecule has 3 aromatic rings. The van der Waals surface area contributed by atoms with Gasteiger partial charge in [-0.05, 0) is 30.3 Å². The average Bonchev–Trinajstić information content (AvgIpc) is 2.98. The lowest BCUT2D eigenvalue weighted by molar-refractivity contribution is 0.102. The van der Waals surface area contributed by atoms with Gasteiger partial charge in [-0.2, -0.15) is 0 Å². The highest BCUT2D eigenvalue weighted by Gasteiger charge is 2.14. The first-order valence-corrected chi connectivity index (χ1v) is 7.20. The molecule has 1 N–H and O–H groups in total. The van der Waals surface area contributed by atoms with E-state index < -0.39 is 5.91 Å². The number of aromatic nitrogens is 3. The molecule has 3 rings (SSSR count). The molecule has 1 amide bonds. The Bertz CT molecular complexity index is 833. The predicted molar refractivity (Wildman–Crippen MR) is 86.9 cm³/mol. The van der Waals surface area contributed by atoms with Gasteiger partial charge in [-0.1, -0.05) is 35.0 Å². The van der Waals surface area contributed by atoms with Crippen LogP contribution in [0.3, 0.4) is 0 Å². The molecule has 0 atom stereocenters. The van der Waals surface area contributed by atoms with E-state index in [1.54, 1.807) is 25.2 Å². The highest BCUT2D eigenvalue weighted by atomic mass is 35.5. The minimum absolute atomic E-state index is 0.207. The van der Waals surface area contributed by atoms with Gasteiger partial charge in [-0.25, -0.2) is 0 Å². The van der Waals surface area contributed by atoms with Crippen molar-refractivity contribution in [3.8, 4) is 11.5 Å². The third-order valence-electron chi connectivity index (χ3n) is 3.00. The minimum Gasteiger partial charge on any atom is -0.455 e. The summed E-state index contributed by atoms with van der Waals surface area (Å²) >= 11 is 6.01. The van der Waals surface area contributed by atoms with E-state index in [4.69, 9.17) is 16.3 Å². The van der Waals surface area contributed by atoms with E-state index in [-0.39, 0.29) is 5.69 Å². The topological polar surface area (TPSA) is 69.0 Å². The number of carbonyl (C=O) groups is 1. The Morgan fingerprint density at radius 3 is 2.70 bits per heavy atom. The number of halogens is 1. The van der Waals surface area contributed by atoms with E-state index in [1.165, 1.54) is 10.9 Å². The number of aryl methyl sites for hydroxylation is 1. The van der Waals surface area contributed by atoms with Crippen LogP contribution in [-0.4, -0.2) is 20.9 Å². The minimum atomic E-state index is -0.390.